The summed E-state index contributed by atoms with van der Waals surface area (Å²) >= 11 is 0. The van der Waals surface area contributed by atoms with Gasteiger partial charge in [-0.15, -0.1) is 0 Å². The van der Waals surface area contributed by atoms with Gasteiger partial charge in [0.2, 0.25) is 0 Å². The number of aryl methyl sites for hydroxylation is 3. The van der Waals surface area contributed by atoms with E-state index in [0.29, 0.717) is 18.7 Å². The molecule has 0 N–H and O–H groups in total. The monoisotopic (exact) mass is 316 g/mol. The zero-order chi connectivity index (χ0) is 16.7. The molecule has 2 atom stereocenters. The maximum absolute atomic E-state index is 13.1. The van der Waals surface area contributed by atoms with Crippen molar-refractivity contribution in [1.82, 2.24) is 19.7 Å². The first-order valence-electron chi connectivity index (χ1n) is 8.20. The van der Waals surface area contributed by atoms with Crippen molar-refractivity contribution < 1.29 is 9.53 Å². The average Bonchev–Trinajstić information content (AvgIpc) is 2.81. The molecule has 3 heterocycles. The minimum absolute atomic E-state index is 0.0428. The Morgan fingerprint density at radius 3 is 2.57 bits per heavy atom. The Kier molecular flexibility index (Phi) is 4.10. The number of ether oxygens (including phenoxy) is 1. The van der Waals surface area contributed by atoms with E-state index in [2.05, 4.69) is 10.1 Å². The first-order chi connectivity index (χ1) is 10.9. The minimum Gasteiger partial charge on any atom is -0.372 e. The average molecular weight is 316 g/mol. The number of rotatable bonds is 2. The normalized spacial score (nSPS) is 21.9. The van der Waals surface area contributed by atoms with Gasteiger partial charge < -0.3 is 9.64 Å². The molecule has 0 spiro atoms. The van der Waals surface area contributed by atoms with Crippen LogP contribution < -0.4 is 0 Å². The first kappa shape index (κ1) is 15.9. The highest BCUT2D eigenvalue weighted by Gasteiger charge is 2.29. The van der Waals surface area contributed by atoms with Crippen LogP contribution in [0.1, 0.15) is 42.5 Å². The van der Waals surface area contributed by atoms with E-state index in [0.717, 1.165) is 29.0 Å². The highest BCUT2D eigenvalue weighted by atomic mass is 16.5. The zero-order valence-corrected chi connectivity index (χ0v) is 14.5. The molecule has 1 aliphatic rings. The summed E-state index contributed by atoms with van der Waals surface area (Å²) in [6.45, 7) is 11.9. The van der Waals surface area contributed by atoms with Crippen molar-refractivity contribution in [1.29, 1.82) is 0 Å². The van der Waals surface area contributed by atoms with Gasteiger partial charge in [-0.05, 0) is 40.7 Å². The molecule has 6 heteroatoms. The summed E-state index contributed by atoms with van der Waals surface area (Å²) < 4.78 is 7.60. The second-order valence-electron chi connectivity index (χ2n) is 6.38. The summed E-state index contributed by atoms with van der Waals surface area (Å²) in [5, 5.41) is 5.40. The number of hydrogen-bond acceptors (Lipinski definition) is 4. The van der Waals surface area contributed by atoms with Gasteiger partial charge in [-0.25, -0.2) is 9.67 Å². The fourth-order valence-corrected chi connectivity index (χ4v) is 3.38. The van der Waals surface area contributed by atoms with E-state index >= 15 is 0 Å². The number of pyridine rings is 1. The molecule has 3 rings (SSSR count). The molecule has 1 amide bonds. The van der Waals surface area contributed by atoms with Crippen LogP contribution in [0.4, 0.5) is 0 Å². The van der Waals surface area contributed by atoms with Crippen LogP contribution in [-0.2, 0) is 11.3 Å². The van der Waals surface area contributed by atoms with Crippen LogP contribution in [0.25, 0.3) is 11.0 Å². The van der Waals surface area contributed by atoms with Gasteiger partial charge in [-0.2, -0.15) is 5.10 Å². The van der Waals surface area contributed by atoms with Gasteiger partial charge in [0.1, 0.15) is 0 Å². The molecule has 2 aromatic heterocycles. The van der Waals surface area contributed by atoms with Crippen molar-refractivity contribution in [3.8, 4) is 0 Å². The van der Waals surface area contributed by atoms with Crippen LogP contribution in [0.5, 0.6) is 0 Å². The van der Waals surface area contributed by atoms with E-state index in [1.165, 1.54) is 0 Å². The minimum atomic E-state index is 0.0428. The standard InChI is InChI=1S/C17H24N4O2/c1-6-21-16-15(13(5)19-21)14(7-10(2)18-16)17(22)20-8-11(3)23-12(4)9-20/h7,11-12H,6,8-9H2,1-5H3/t11-,12+. The number of nitrogens with zero attached hydrogens (tertiary/aromatic N) is 4. The van der Waals surface area contributed by atoms with Gasteiger partial charge in [-0.3, -0.25) is 4.79 Å². The molecular formula is C17H24N4O2. The largest absolute Gasteiger partial charge is 0.372 e. The second kappa shape index (κ2) is 5.92. The van der Waals surface area contributed by atoms with Gasteiger partial charge in [0.25, 0.3) is 5.91 Å². The molecule has 0 saturated carbocycles. The number of carbonyl (C=O) groups is 1. The van der Waals surface area contributed by atoms with E-state index in [9.17, 15) is 4.79 Å². The molecule has 1 fully saturated rings. The molecule has 0 aliphatic carbocycles. The lowest BCUT2D eigenvalue weighted by atomic mass is 10.1. The summed E-state index contributed by atoms with van der Waals surface area (Å²) in [5.41, 5.74) is 3.19. The Morgan fingerprint density at radius 2 is 1.96 bits per heavy atom. The van der Waals surface area contributed by atoms with Gasteiger partial charge in [0.15, 0.2) is 5.65 Å². The van der Waals surface area contributed by atoms with E-state index < -0.39 is 0 Å². The zero-order valence-electron chi connectivity index (χ0n) is 14.5. The number of fused-ring (bicyclic) bond motifs is 1. The Morgan fingerprint density at radius 1 is 1.30 bits per heavy atom. The predicted molar refractivity (Wildman–Crippen MR) is 88.6 cm³/mol. The van der Waals surface area contributed by atoms with Crippen LogP contribution in [0.15, 0.2) is 6.07 Å². The van der Waals surface area contributed by atoms with Gasteiger partial charge in [-0.1, -0.05) is 0 Å². The van der Waals surface area contributed by atoms with Gasteiger partial charge in [0, 0.05) is 25.3 Å². The molecule has 124 valence electrons. The van der Waals surface area contributed by atoms with Crippen LogP contribution >= 0.6 is 0 Å². The van der Waals surface area contributed by atoms with E-state index in [4.69, 9.17) is 4.74 Å². The number of hydrogen-bond donors (Lipinski definition) is 0. The molecule has 0 unspecified atom stereocenters. The van der Waals surface area contributed by atoms with Crippen molar-refractivity contribution in [3.63, 3.8) is 0 Å². The van der Waals surface area contributed by atoms with E-state index in [1.807, 2.05) is 50.3 Å². The van der Waals surface area contributed by atoms with Crippen molar-refractivity contribution >= 4 is 16.9 Å². The van der Waals surface area contributed by atoms with Gasteiger partial charge >= 0.3 is 0 Å². The SMILES string of the molecule is CCn1nc(C)c2c(C(=O)N3C[C@@H](C)O[C@@H](C)C3)cc(C)nc21. The summed E-state index contributed by atoms with van der Waals surface area (Å²) in [6, 6.07) is 1.88. The van der Waals surface area contributed by atoms with Crippen LogP contribution in [0, 0.1) is 13.8 Å². The Bertz CT molecular complexity index is 743. The third-order valence-corrected chi connectivity index (χ3v) is 4.24. The summed E-state index contributed by atoms with van der Waals surface area (Å²) in [4.78, 5) is 19.6. The number of amides is 1. The third kappa shape index (κ3) is 2.83. The highest BCUT2D eigenvalue weighted by molar-refractivity contribution is 6.06. The molecule has 0 bridgehead atoms. The molecule has 1 aliphatic heterocycles. The maximum Gasteiger partial charge on any atom is 0.254 e. The molecule has 1 saturated heterocycles. The predicted octanol–water partition coefficient (Wildman–Crippen LogP) is 2.32. The van der Waals surface area contributed by atoms with Crippen molar-refractivity contribution in [2.45, 2.75) is 53.4 Å². The lowest BCUT2D eigenvalue weighted by Gasteiger charge is -2.35. The lowest BCUT2D eigenvalue weighted by molar-refractivity contribution is -0.0585. The number of aromatic nitrogens is 3. The summed E-state index contributed by atoms with van der Waals surface area (Å²) in [6.07, 6.45) is 0.112. The van der Waals surface area contributed by atoms with Crippen LogP contribution in [0.2, 0.25) is 0 Å². The summed E-state index contributed by atoms with van der Waals surface area (Å²) in [7, 11) is 0. The van der Waals surface area contributed by atoms with E-state index in [-0.39, 0.29) is 18.1 Å². The molecule has 0 aromatic carbocycles. The van der Waals surface area contributed by atoms with Crippen molar-refractivity contribution in [2.24, 2.45) is 0 Å². The topological polar surface area (TPSA) is 60.2 Å². The summed E-state index contributed by atoms with van der Waals surface area (Å²) in [5.74, 6) is 0.0428. The Labute approximate surface area is 136 Å². The number of carbonyl (C=O) groups excluding carboxylic acids is 1. The lowest BCUT2D eigenvalue weighted by Crippen LogP contribution is -2.48. The Balaban J connectivity index is 2.08. The molecular weight excluding hydrogens is 292 g/mol. The van der Waals surface area contributed by atoms with Gasteiger partial charge in [0.05, 0.1) is 28.9 Å². The highest BCUT2D eigenvalue weighted by Crippen LogP contribution is 2.25. The fraction of sp³-hybridized carbons (Fsp3) is 0.588. The molecule has 2 aromatic rings. The molecule has 23 heavy (non-hydrogen) atoms. The molecule has 0 radical (unpaired) electrons. The van der Waals surface area contributed by atoms with Crippen molar-refractivity contribution in [2.75, 3.05) is 13.1 Å². The first-order valence-corrected chi connectivity index (χ1v) is 8.20. The Hall–Kier alpha value is -1.95. The van der Waals surface area contributed by atoms with E-state index in [1.54, 1.807) is 0 Å². The second-order valence-corrected chi connectivity index (χ2v) is 6.38. The quantitative estimate of drug-likeness (QED) is 0.853. The smallest absolute Gasteiger partial charge is 0.254 e. The van der Waals surface area contributed by atoms with Crippen LogP contribution in [0.3, 0.4) is 0 Å². The number of morpholine rings is 1. The molecule has 6 nitrogen and oxygen atoms in total. The maximum atomic E-state index is 13.1. The third-order valence-electron chi connectivity index (χ3n) is 4.24. The van der Waals surface area contributed by atoms with Crippen molar-refractivity contribution in [3.05, 3.63) is 23.0 Å². The fourth-order valence-electron chi connectivity index (χ4n) is 3.38. The van der Waals surface area contributed by atoms with Crippen LogP contribution in [-0.4, -0.2) is 50.9 Å².